The second kappa shape index (κ2) is 5.87. The number of aromatic nitrogens is 2. The van der Waals surface area contributed by atoms with Crippen LogP contribution < -0.4 is 10.2 Å². The first-order chi connectivity index (χ1) is 9.00. The van der Waals surface area contributed by atoms with Crippen molar-refractivity contribution in [1.29, 1.82) is 0 Å². The Bertz CT molecular complexity index is 386. The highest BCUT2D eigenvalue weighted by Gasteiger charge is 2.21. The number of hydrogen-bond donors (Lipinski definition) is 1. The van der Waals surface area contributed by atoms with Crippen LogP contribution in [-0.4, -0.2) is 36.6 Å². The highest BCUT2D eigenvalue weighted by atomic mass is 15.2. The maximum Gasteiger partial charge on any atom is 0.225 e. The molecule has 2 rings (SSSR count). The van der Waals surface area contributed by atoms with Gasteiger partial charge in [0.15, 0.2) is 0 Å². The van der Waals surface area contributed by atoms with E-state index in [0.29, 0.717) is 0 Å². The van der Waals surface area contributed by atoms with E-state index in [1.54, 1.807) is 0 Å². The van der Waals surface area contributed by atoms with Crippen molar-refractivity contribution in [2.24, 2.45) is 5.92 Å². The first-order valence-electron chi connectivity index (χ1n) is 7.23. The lowest BCUT2D eigenvalue weighted by Gasteiger charge is -2.32. The van der Waals surface area contributed by atoms with E-state index >= 15 is 0 Å². The normalized spacial score (nSPS) is 17.8. The number of rotatable bonds is 3. The molecule has 0 amide bonds. The Kier molecular flexibility index (Phi) is 4.40. The van der Waals surface area contributed by atoms with Crippen LogP contribution in [0.15, 0.2) is 12.4 Å². The second-order valence-corrected chi connectivity index (χ2v) is 6.51. The van der Waals surface area contributed by atoms with Gasteiger partial charge in [-0.1, -0.05) is 20.8 Å². The van der Waals surface area contributed by atoms with Crippen molar-refractivity contribution >= 4 is 5.95 Å². The third kappa shape index (κ3) is 3.66. The van der Waals surface area contributed by atoms with E-state index in [1.165, 1.54) is 18.4 Å². The standard InChI is InChI=1S/C15H26N4/c1-15(2,3)13-10-17-14(18-11-13)19-7-5-12(6-8-19)9-16-4/h10-12,16H,5-9H2,1-4H3. The molecule has 1 aliphatic heterocycles. The summed E-state index contributed by atoms with van der Waals surface area (Å²) in [4.78, 5) is 11.4. The van der Waals surface area contributed by atoms with Crippen LogP contribution >= 0.6 is 0 Å². The third-order valence-electron chi connectivity index (χ3n) is 3.89. The Hall–Kier alpha value is -1.16. The molecular formula is C15H26N4. The molecule has 1 fully saturated rings. The zero-order valence-electron chi connectivity index (χ0n) is 12.6. The lowest BCUT2D eigenvalue weighted by molar-refractivity contribution is 0.390. The van der Waals surface area contributed by atoms with Gasteiger partial charge >= 0.3 is 0 Å². The minimum absolute atomic E-state index is 0.123. The number of nitrogens with one attached hydrogen (secondary N) is 1. The molecule has 19 heavy (non-hydrogen) atoms. The van der Waals surface area contributed by atoms with Crippen LogP contribution in [0.2, 0.25) is 0 Å². The molecule has 0 saturated carbocycles. The topological polar surface area (TPSA) is 41.0 Å². The number of hydrogen-bond acceptors (Lipinski definition) is 4. The Morgan fingerprint density at radius 1 is 1.21 bits per heavy atom. The van der Waals surface area contributed by atoms with Gasteiger partial charge in [0.05, 0.1) is 0 Å². The molecule has 1 aliphatic rings. The van der Waals surface area contributed by atoms with Crippen LogP contribution in [-0.2, 0) is 5.41 Å². The fourth-order valence-electron chi connectivity index (χ4n) is 2.50. The van der Waals surface area contributed by atoms with Crippen LogP contribution in [0, 0.1) is 5.92 Å². The van der Waals surface area contributed by atoms with Gasteiger partial charge in [0.2, 0.25) is 5.95 Å². The molecule has 0 aliphatic carbocycles. The first kappa shape index (κ1) is 14.3. The summed E-state index contributed by atoms with van der Waals surface area (Å²) in [6, 6.07) is 0. The quantitative estimate of drug-likeness (QED) is 0.907. The van der Waals surface area contributed by atoms with Crippen LogP contribution in [0.5, 0.6) is 0 Å². The van der Waals surface area contributed by atoms with Crippen molar-refractivity contribution in [3.8, 4) is 0 Å². The van der Waals surface area contributed by atoms with Crippen LogP contribution in [0.25, 0.3) is 0 Å². The second-order valence-electron chi connectivity index (χ2n) is 6.51. The molecule has 0 atom stereocenters. The van der Waals surface area contributed by atoms with E-state index in [2.05, 4.69) is 41.0 Å². The fourth-order valence-corrected chi connectivity index (χ4v) is 2.50. The highest BCUT2D eigenvalue weighted by molar-refractivity contribution is 5.31. The summed E-state index contributed by atoms with van der Waals surface area (Å²) in [6.07, 6.45) is 6.40. The zero-order chi connectivity index (χ0) is 13.9. The van der Waals surface area contributed by atoms with Crippen molar-refractivity contribution in [3.63, 3.8) is 0 Å². The maximum absolute atomic E-state index is 4.54. The fraction of sp³-hybridized carbons (Fsp3) is 0.733. The smallest absolute Gasteiger partial charge is 0.225 e. The first-order valence-corrected chi connectivity index (χ1v) is 7.23. The van der Waals surface area contributed by atoms with Crippen molar-refractivity contribution in [3.05, 3.63) is 18.0 Å². The molecule has 2 heterocycles. The van der Waals surface area contributed by atoms with Gasteiger partial charge in [-0.2, -0.15) is 0 Å². The van der Waals surface area contributed by atoms with Crippen LogP contribution in [0.1, 0.15) is 39.2 Å². The van der Waals surface area contributed by atoms with Crippen molar-refractivity contribution < 1.29 is 0 Å². The molecule has 1 aromatic rings. The number of piperidine rings is 1. The minimum atomic E-state index is 0.123. The molecule has 4 nitrogen and oxygen atoms in total. The predicted octanol–water partition coefficient (Wildman–Crippen LogP) is 2.21. The van der Waals surface area contributed by atoms with E-state index in [1.807, 2.05) is 19.4 Å². The Morgan fingerprint density at radius 2 is 1.79 bits per heavy atom. The highest BCUT2D eigenvalue weighted by Crippen LogP contribution is 2.23. The monoisotopic (exact) mass is 262 g/mol. The van der Waals surface area contributed by atoms with Gasteiger partial charge in [-0.3, -0.25) is 0 Å². The van der Waals surface area contributed by atoms with E-state index in [-0.39, 0.29) is 5.41 Å². The summed E-state index contributed by atoms with van der Waals surface area (Å²) in [5, 5.41) is 3.27. The Balaban J connectivity index is 1.97. The van der Waals surface area contributed by atoms with Gasteiger partial charge in [0, 0.05) is 25.5 Å². The Morgan fingerprint density at radius 3 is 2.26 bits per heavy atom. The number of nitrogens with zero attached hydrogens (tertiary/aromatic N) is 3. The average molecular weight is 262 g/mol. The van der Waals surface area contributed by atoms with E-state index in [0.717, 1.165) is 31.5 Å². The molecule has 4 heteroatoms. The largest absolute Gasteiger partial charge is 0.341 e. The maximum atomic E-state index is 4.54. The van der Waals surface area contributed by atoms with Gasteiger partial charge in [-0.15, -0.1) is 0 Å². The van der Waals surface area contributed by atoms with Gasteiger partial charge in [-0.25, -0.2) is 9.97 Å². The van der Waals surface area contributed by atoms with E-state index in [4.69, 9.17) is 0 Å². The van der Waals surface area contributed by atoms with Crippen molar-refractivity contribution in [2.75, 3.05) is 31.6 Å². The van der Waals surface area contributed by atoms with E-state index < -0.39 is 0 Å². The molecule has 0 aromatic carbocycles. The van der Waals surface area contributed by atoms with Gasteiger partial charge in [-0.05, 0) is 43.3 Å². The summed E-state index contributed by atoms with van der Waals surface area (Å²) in [6.45, 7) is 9.83. The van der Waals surface area contributed by atoms with Gasteiger partial charge in [0.1, 0.15) is 0 Å². The predicted molar refractivity (Wildman–Crippen MR) is 79.6 cm³/mol. The molecule has 1 saturated heterocycles. The molecular weight excluding hydrogens is 236 g/mol. The lowest BCUT2D eigenvalue weighted by atomic mass is 9.89. The summed E-state index contributed by atoms with van der Waals surface area (Å²) in [5.41, 5.74) is 1.32. The summed E-state index contributed by atoms with van der Waals surface area (Å²) < 4.78 is 0. The minimum Gasteiger partial charge on any atom is -0.341 e. The zero-order valence-corrected chi connectivity index (χ0v) is 12.6. The molecule has 0 unspecified atom stereocenters. The molecule has 0 spiro atoms. The third-order valence-corrected chi connectivity index (χ3v) is 3.89. The van der Waals surface area contributed by atoms with Crippen LogP contribution in [0.4, 0.5) is 5.95 Å². The van der Waals surface area contributed by atoms with Crippen molar-refractivity contribution in [2.45, 2.75) is 39.0 Å². The number of anilines is 1. The van der Waals surface area contributed by atoms with Gasteiger partial charge in [0.25, 0.3) is 0 Å². The molecule has 106 valence electrons. The average Bonchev–Trinajstić information content (AvgIpc) is 2.39. The summed E-state index contributed by atoms with van der Waals surface area (Å²) >= 11 is 0. The van der Waals surface area contributed by atoms with E-state index in [9.17, 15) is 0 Å². The lowest BCUT2D eigenvalue weighted by Crippen LogP contribution is -2.37. The van der Waals surface area contributed by atoms with Crippen LogP contribution in [0.3, 0.4) is 0 Å². The molecule has 0 radical (unpaired) electrons. The molecule has 1 aromatic heterocycles. The van der Waals surface area contributed by atoms with Gasteiger partial charge < -0.3 is 10.2 Å². The van der Waals surface area contributed by atoms with Crippen molar-refractivity contribution in [1.82, 2.24) is 15.3 Å². The summed E-state index contributed by atoms with van der Waals surface area (Å²) in [7, 11) is 2.03. The molecule has 0 bridgehead atoms. The molecule has 1 N–H and O–H groups in total. The Labute approximate surface area is 116 Å². The SMILES string of the molecule is CNCC1CCN(c2ncc(C(C)(C)C)cn2)CC1. The summed E-state index contributed by atoms with van der Waals surface area (Å²) in [5.74, 6) is 1.69.